The van der Waals surface area contributed by atoms with Gasteiger partial charge in [-0.25, -0.2) is 0 Å². The lowest BCUT2D eigenvalue weighted by atomic mass is 9.87. The van der Waals surface area contributed by atoms with E-state index in [-0.39, 0.29) is 0 Å². The Morgan fingerprint density at radius 1 is 0.286 bits per heavy atom. The summed E-state index contributed by atoms with van der Waals surface area (Å²) in [6, 6.07) is 62.1. The Morgan fingerprint density at radius 3 is 1.71 bits per heavy atom. The van der Waals surface area contributed by atoms with E-state index >= 15 is 0 Å². The van der Waals surface area contributed by atoms with Crippen molar-refractivity contribution in [1.29, 1.82) is 0 Å². The van der Waals surface area contributed by atoms with E-state index in [0.29, 0.717) is 0 Å². The van der Waals surface area contributed by atoms with Gasteiger partial charge in [-0.15, -0.1) is 0 Å². The molecule has 0 aliphatic heterocycles. The third-order valence-corrected chi connectivity index (χ3v) is 10.6. The second-order valence-electron chi connectivity index (χ2n) is 13.2. The van der Waals surface area contributed by atoms with E-state index in [4.69, 9.17) is 4.42 Å². The van der Waals surface area contributed by atoms with Gasteiger partial charge in [-0.1, -0.05) is 152 Å². The van der Waals surface area contributed by atoms with Crippen molar-refractivity contribution in [2.45, 2.75) is 0 Å². The minimum Gasteiger partial charge on any atom is -0.455 e. The lowest BCUT2D eigenvalue weighted by Crippen LogP contribution is -1.89. The molecule has 0 spiro atoms. The van der Waals surface area contributed by atoms with Crippen LogP contribution in [0.5, 0.6) is 0 Å². The molecular formula is C48H28O. The molecule has 0 bridgehead atoms. The molecule has 0 saturated carbocycles. The zero-order valence-corrected chi connectivity index (χ0v) is 26.6. The van der Waals surface area contributed by atoms with Crippen LogP contribution in [0, 0.1) is 0 Å². The highest BCUT2D eigenvalue weighted by atomic mass is 16.3. The first-order chi connectivity index (χ1) is 24.3. The molecule has 10 aromatic carbocycles. The van der Waals surface area contributed by atoms with Crippen LogP contribution in [0.1, 0.15) is 0 Å². The van der Waals surface area contributed by atoms with Gasteiger partial charge in [0.1, 0.15) is 11.2 Å². The van der Waals surface area contributed by atoms with E-state index in [1.807, 2.05) is 0 Å². The van der Waals surface area contributed by atoms with Crippen molar-refractivity contribution in [2.24, 2.45) is 0 Å². The summed E-state index contributed by atoms with van der Waals surface area (Å²) < 4.78 is 6.86. The van der Waals surface area contributed by atoms with Crippen LogP contribution in [0.4, 0.5) is 0 Å². The molecule has 0 aliphatic rings. The summed E-state index contributed by atoms with van der Waals surface area (Å²) in [5, 5.41) is 14.9. The van der Waals surface area contributed by atoms with Crippen LogP contribution in [0.3, 0.4) is 0 Å². The van der Waals surface area contributed by atoms with Crippen molar-refractivity contribution in [3.63, 3.8) is 0 Å². The first-order valence-corrected chi connectivity index (χ1v) is 16.9. The molecule has 49 heavy (non-hydrogen) atoms. The Balaban J connectivity index is 1.19. The van der Waals surface area contributed by atoms with Gasteiger partial charge in [0.25, 0.3) is 0 Å². The Kier molecular flexibility index (Phi) is 5.45. The largest absolute Gasteiger partial charge is 0.455 e. The van der Waals surface area contributed by atoms with E-state index in [2.05, 4.69) is 170 Å². The van der Waals surface area contributed by atoms with Crippen LogP contribution in [-0.2, 0) is 0 Å². The van der Waals surface area contributed by atoms with E-state index in [9.17, 15) is 0 Å². The molecule has 0 unspecified atom stereocenters. The fraction of sp³-hybridized carbons (Fsp3) is 0. The molecule has 0 fully saturated rings. The van der Waals surface area contributed by atoms with Crippen molar-refractivity contribution in [3.05, 3.63) is 170 Å². The Hall–Kier alpha value is -6.44. The molecule has 1 heteroatoms. The maximum atomic E-state index is 6.86. The second kappa shape index (κ2) is 10.0. The molecule has 1 nitrogen and oxygen atoms in total. The van der Waals surface area contributed by atoms with Crippen molar-refractivity contribution in [1.82, 2.24) is 0 Å². The fourth-order valence-corrected chi connectivity index (χ4v) is 8.30. The quantitative estimate of drug-likeness (QED) is 0.179. The first kappa shape index (κ1) is 26.6. The third-order valence-electron chi connectivity index (χ3n) is 10.6. The lowest BCUT2D eigenvalue weighted by Gasteiger charge is -2.16. The van der Waals surface area contributed by atoms with E-state index < -0.39 is 0 Å². The molecule has 11 rings (SSSR count). The van der Waals surface area contributed by atoms with Crippen LogP contribution in [-0.4, -0.2) is 0 Å². The van der Waals surface area contributed by atoms with Crippen molar-refractivity contribution < 1.29 is 4.42 Å². The Morgan fingerprint density at radius 2 is 0.878 bits per heavy atom. The molecule has 0 atom stereocenters. The van der Waals surface area contributed by atoms with Crippen LogP contribution in [0.2, 0.25) is 0 Å². The molecule has 1 aromatic heterocycles. The maximum Gasteiger partial charge on any atom is 0.143 e. The molecule has 0 aliphatic carbocycles. The average Bonchev–Trinajstić information content (AvgIpc) is 3.56. The highest BCUT2D eigenvalue weighted by Gasteiger charge is 2.20. The molecule has 0 N–H and O–H groups in total. The third kappa shape index (κ3) is 3.87. The fourth-order valence-electron chi connectivity index (χ4n) is 8.30. The molecular weight excluding hydrogens is 593 g/mol. The normalized spacial score (nSPS) is 12.1. The minimum absolute atomic E-state index is 0.905. The zero-order chi connectivity index (χ0) is 32.1. The number of furan rings is 1. The van der Waals surface area contributed by atoms with Crippen LogP contribution < -0.4 is 0 Å². The molecule has 0 radical (unpaired) electrons. The van der Waals surface area contributed by atoms with Crippen LogP contribution in [0.15, 0.2) is 174 Å². The number of hydrogen-bond donors (Lipinski definition) is 0. The monoisotopic (exact) mass is 620 g/mol. The topological polar surface area (TPSA) is 13.1 Å². The molecule has 226 valence electrons. The highest BCUT2D eigenvalue weighted by Crippen LogP contribution is 2.46. The zero-order valence-electron chi connectivity index (χ0n) is 26.6. The number of fused-ring (bicyclic) bond motifs is 6. The van der Waals surface area contributed by atoms with Gasteiger partial charge >= 0.3 is 0 Å². The standard InChI is InChI=1S/C48H28O/c1-3-12-37-30(7-1)9-6-14-38(37)32-17-15-29(16-18-32)36-27-43(47-42-26-21-31-8-2-4-13-39(31)48(42)49-44(47)28-36)40-24-22-35-20-19-33-10-5-11-34-23-25-41(40)46(35)45(33)34/h1-28H. The predicted molar refractivity (Wildman–Crippen MR) is 209 cm³/mol. The summed E-state index contributed by atoms with van der Waals surface area (Å²) in [5.74, 6) is 0. The first-order valence-electron chi connectivity index (χ1n) is 16.9. The smallest absolute Gasteiger partial charge is 0.143 e. The molecule has 0 saturated heterocycles. The minimum atomic E-state index is 0.905. The molecule has 0 amide bonds. The maximum absolute atomic E-state index is 6.86. The van der Waals surface area contributed by atoms with Gasteiger partial charge in [0.05, 0.1) is 0 Å². The summed E-state index contributed by atoms with van der Waals surface area (Å²) in [7, 11) is 0. The summed E-state index contributed by atoms with van der Waals surface area (Å²) >= 11 is 0. The van der Waals surface area contributed by atoms with Gasteiger partial charge in [-0.05, 0) is 100 Å². The average molecular weight is 621 g/mol. The van der Waals surface area contributed by atoms with Gasteiger partial charge in [0.15, 0.2) is 0 Å². The second-order valence-corrected chi connectivity index (χ2v) is 13.2. The summed E-state index contributed by atoms with van der Waals surface area (Å²) in [6.07, 6.45) is 0. The van der Waals surface area contributed by atoms with Crippen LogP contribution >= 0.6 is 0 Å². The number of rotatable bonds is 3. The Labute approximate surface area is 282 Å². The summed E-state index contributed by atoms with van der Waals surface area (Å²) in [5.41, 5.74) is 9.02. The number of benzene rings is 10. The van der Waals surface area contributed by atoms with E-state index in [0.717, 1.165) is 38.5 Å². The SMILES string of the molecule is c1ccc2c(-c3ccc(-c4cc(-c5ccc6ccc7cccc8ccc5c6c78)c5c(c4)oc4c6ccccc6ccc45)cc3)cccc2c1. The predicted octanol–water partition coefficient (Wildman–Crippen LogP) is 13.8. The summed E-state index contributed by atoms with van der Waals surface area (Å²) in [6.45, 7) is 0. The lowest BCUT2D eigenvalue weighted by molar-refractivity contribution is 0.673. The number of hydrogen-bond acceptors (Lipinski definition) is 1. The molecule has 11 aromatic rings. The van der Waals surface area contributed by atoms with Gasteiger partial charge < -0.3 is 4.42 Å². The van der Waals surface area contributed by atoms with Gasteiger partial charge in [0, 0.05) is 16.2 Å². The van der Waals surface area contributed by atoms with Crippen molar-refractivity contribution in [3.8, 4) is 33.4 Å². The van der Waals surface area contributed by atoms with Crippen molar-refractivity contribution in [2.75, 3.05) is 0 Å². The highest BCUT2D eigenvalue weighted by molar-refractivity contribution is 6.28. The van der Waals surface area contributed by atoms with Gasteiger partial charge in [0.2, 0.25) is 0 Å². The van der Waals surface area contributed by atoms with Crippen LogP contribution in [0.25, 0.3) is 109 Å². The van der Waals surface area contributed by atoms with Gasteiger partial charge in [-0.2, -0.15) is 0 Å². The van der Waals surface area contributed by atoms with Crippen molar-refractivity contribution >= 4 is 75.8 Å². The summed E-state index contributed by atoms with van der Waals surface area (Å²) in [4.78, 5) is 0. The molecule has 1 heterocycles. The van der Waals surface area contributed by atoms with Gasteiger partial charge in [-0.3, -0.25) is 0 Å². The van der Waals surface area contributed by atoms with E-state index in [1.165, 1.54) is 70.7 Å². The van der Waals surface area contributed by atoms with E-state index in [1.54, 1.807) is 0 Å². The Bertz CT molecular complexity index is 3070.